The van der Waals surface area contributed by atoms with E-state index in [0.29, 0.717) is 25.8 Å². The van der Waals surface area contributed by atoms with Gasteiger partial charge in [-0.2, -0.15) is 0 Å². The lowest BCUT2D eigenvalue weighted by Gasteiger charge is -2.02. The number of nitrogens with zero attached hydrogens (tertiary/aromatic N) is 1. The highest BCUT2D eigenvalue weighted by atomic mass is 16.3. The topological polar surface area (TPSA) is 70.9 Å². The lowest BCUT2D eigenvalue weighted by Crippen LogP contribution is -2.26. The molecule has 0 radical (unpaired) electrons. The molecule has 0 unspecified atom stereocenters. The lowest BCUT2D eigenvalue weighted by atomic mass is 10.2. The molecular weight excluding hydrogens is 266 g/mol. The van der Waals surface area contributed by atoms with Gasteiger partial charge in [-0.3, -0.25) is 4.79 Å². The van der Waals surface area contributed by atoms with E-state index < -0.39 is 0 Å². The molecule has 0 fully saturated rings. The molecule has 2 heterocycles. The first-order valence-electron chi connectivity index (χ1n) is 7.04. The van der Waals surface area contributed by atoms with E-state index in [1.165, 1.54) is 0 Å². The molecule has 21 heavy (non-hydrogen) atoms. The van der Waals surface area contributed by atoms with Crippen LogP contribution in [0.2, 0.25) is 0 Å². The number of imidazole rings is 1. The van der Waals surface area contributed by atoms with Crippen LogP contribution in [0.15, 0.2) is 47.1 Å². The lowest BCUT2D eigenvalue weighted by molar-refractivity contribution is -0.121. The fourth-order valence-corrected chi connectivity index (χ4v) is 2.22. The van der Waals surface area contributed by atoms with Gasteiger partial charge in [-0.15, -0.1) is 0 Å². The number of nitrogens with one attached hydrogen (secondary N) is 2. The number of aromatic nitrogens is 2. The number of hydrogen-bond donors (Lipinski definition) is 2. The molecule has 0 aliphatic carbocycles. The van der Waals surface area contributed by atoms with Gasteiger partial charge >= 0.3 is 0 Å². The number of carbonyl (C=O) groups is 1. The first kappa shape index (κ1) is 13.4. The maximum absolute atomic E-state index is 11.7. The summed E-state index contributed by atoms with van der Waals surface area (Å²) in [5, 5.41) is 2.90. The predicted octanol–water partition coefficient (Wildman–Crippen LogP) is 2.45. The number of H-pyrrole nitrogens is 1. The molecule has 1 aromatic carbocycles. The number of amides is 1. The molecule has 0 saturated heterocycles. The van der Waals surface area contributed by atoms with Crippen LogP contribution in [0.1, 0.15) is 18.0 Å². The van der Waals surface area contributed by atoms with Crippen molar-refractivity contribution in [1.82, 2.24) is 15.3 Å². The summed E-state index contributed by atoms with van der Waals surface area (Å²) in [6, 6.07) is 11.6. The zero-order valence-electron chi connectivity index (χ0n) is 11.6. The van der Waals surface area contributed by atoms with Crippen molar-refractivity contribution < 1.29 is 9.21 Å². The molecule has 0 spiro atoms. The molecule has 5 nitrogen and oxygen atoms in total. The van der Waals surface area contributed by atoms with E-state index in [9.17, 15) is 4.79 Å². The minimum absolute atomic E-state index is 0.0301. The summed E-state index contributed by atoms with van der Waals surface area (Å²) in [5.74, 6) is 1.76. The van der Waals surface area contributed by atoms with Crippen LogP contribution in [0, 0.1) is 0 Å². The van der Waals surface area contributed by atoms with Gasteiger partial charge in [-0.05, 0) is 24.3 Å². The van der Waals surface area contributed by atoms with Gasteiger partial charge in [0, 0.05) is 25.8 Å². The molecule has 0 bridgehead atoms. The molecular formula is C16H17N3O2. The molecule has 2 aromatic heterocycles. The van der Waals surface area contributed by atoms with Gasteiger partial charge in [0.1, 0.15) is 11.6 Å². The predicted molar refractivity (Wildman–Crippen MR) is 79.8 cm³/mol. The van der Waals surface area contributed by atoms with E-state index in [0.717, 1.165) is 22.6 Å². The van der Waals surface area contributed by atoms with Gasteiger partial charge in [-0.1, -0.05) is 12.1 Å². The zero-order valence-corrected chi connectivity index (χ0v) is 11.6. The van der Waals surface area contributed by atoms with Crippen LogP contribution in [0.4, 0.5) is 0 Å². The standard InChI is InChI=1S/C16H17N3O2/c20-16(8-7-12-4-3-11-21-12)17-10-9-15-18-13-5-1-2-6-14(13)19-15/h1-6,11H,7-10H2,(H,17,20)(H,18,19). The van der Waals surface area contributed by atoms with Crippen molar-refractivity contribution in [2.75, 3.05) is 6.54 Å². The van der Waals surface area contributed by atoms with Gasteiger partial charge in [-0.25, -0.2) is 4.98 Å². The van der Waals surface area contributed by atoms with Crippen molar-refractivity contribution in [1.29, 1.82) is 0 Å². The van der Waals surface area contributed by atoms with Crippen LogP contribution < -0.4 is 5.32 Å². The Balaban J connectivity index is 1.44. The van der Waals surface area contributed by atoms with Crippen molar-refractivity contribution in [2.24, 2.45) is 0 Å². The number of benzene rings is 1. The summed E-state index contributed by atoms with van der Waals surface area (Å²) in [4.78, 5) is 19.4. The third-order valence-electron chi connectivity index (χ3n) is 3.30. The Morgan fingerprint density at radius 1 is 1.19 bits per heavy atom. The Labute approximate surface area is 122 Å². The van der Waals surface area contributed by atoms with Gasteiger partial charge in [0.25, 0.3) is 0 Å². The highest BCUT2D eigenvalue weighted by Gasteiger charge is 2.05. The second-order valence-electron chi connectivity index (χ2n) is 4.88. The van der Waals surface area contributed by atoms with E-state index in [2.05, 4.69) is 15.3 Å². The van der Waals surface area contributed by atoms with Crippen LogP contribution in [-0.4, -0.2) is 22.4 Å². The number of carbonyl (C=O) groups excluding carboxylic acids is 1. The largest absolute Gasteiger partial charge is 0.469 e. The van der Waals surface area contributed by atoms with Crippen LogP contribution in [0.3, 0.4) is 0 Å². The number of aryl methyl sites for hydroxylation is 1. The van der Waals surface area contributed by atoms with Crippen LogP contribution in [0.25, 0.3) is 11.0 Å². The Kier molecular flexibility index (Phi) is 4.00. The minimum atomic E-state index is 0.0301. The average molecular weight is 283 g/mol. The van der Waals surface area contributed by atoms with Crippen molar-refractivity contribution in [3.8, 4) is 0 Å². The van der Waals surface area contributed by atoms with Crippen molar-refractivity contribution in [3.05, 3.63) is 54.2 Å². The van der Waals surface area contributed by atoms with Crippen molar-refractivity contribution in [2.45, 2.75) is 19.3 Å². The molecule has 2 N–H and O–H groups in total. The number of rotatable bonds is 6. The smallest absolute Gasteiger partial charge is 0.220 e. The number of fused-ring (bicyclic) bond motifs is 1. The molecule has 3 rings (SSSR count). The summed E-state index contributed by atoms with van der Waals surface area (Å²) in [7, 11) is 0. The molecule has 0 aliphatic rings. The number of aromatic amines is 1. The Bertz CT molecular complexity index is 683. The first-order chi connectivity index (χ1) is 10.3. The van der Waals surface area contributed by atoms with E-state index in [1.54, 1.807) is 6.26 Å². The first-order valence-corrected chi connectivity index (χ1v) is 7.04. The highest BCUT2D eigenvalue weighted by molar-refractivity contribution is 5.76. The van der Waals surface area contributed by atoms with Gasteiger partial charge in [0.05, 0.1) is 17.3 Å². The summed E-state index contributed by atoms with van der Waals surface area (Å²) in [6.07, 6.45) is 3.38. The number of para-hydroxylation sites is 2. The van der Waals surface area contributed by atoms with Crippen LogP contribution in [-0.2, 0) is 17.6 Å². The molecule has 0 atom stereocenters. The molecule has 0 aliphatic heterocycles. The summed E-state index contributed by atoms with van der Waals surface area (Å²) >= 11 is 0. The zero-order chi connectivity index (χ0) is 14.5. The monoisotopic (exact) mass is 283 g/mol. The third kappa shape index (κ3) is 3.51. The second-order valence-corrected chi connectivity index (χ2v) is 4.88. The Hall–Kier alpha value is -2.56. The molecule has 3 aromatic rings. The minimum Gasteiger partial charge on any atom is -0.469 e. The molecule has 0 saturated carbocycles. The fourth-order valence-electron chi connectivity index (χ4n) is 2.22. The van der Waals surface area contributed by atoms with Crippen molar-refractivity contribution >= 4 is 16.9 Å². The summed E-state index contributed by atoms with van der Waals surface area (Å²) < 4.78 is 5.20. The van der Waals surface area contributed by atoms with Gasteiger partial charge in [0.15, 0.2) is 0 Å². The fraction of sp³-hybridized carbons (Fsp3) is 0.250. The Morgan fingerprint density at radius 2 is 2.10 bits per heavy atom. The van der Waals surface area contributed by atoms with E-state index in [-0.39, 0.29) is 5.91 Å². The Morgan fingerprint density at radius 3 is 2.90 bits per heavy atom. The number of furan rings is 1. The summed E-state index contributed by atoms with van der Waals surface area (Å²) in [6.45, 7) is 0.580. The summed E-state index contributed by atoms with van der Waals surface area (Å²) in [5.41, 5.74) is 1.98. The van der Waals surface area contributed by atoms with Gasteiger partial charge in [0.2, 0.25) is 5.91 Å². The van der Waals surface area contributed by atoms with Crippen LogP contribution >= 0.6 is 0 Å². The SMILES string of the molecule is O=C(CCc1ccco1)NCCc1nc2ccccc2[nH]1. The second kappa shape index (κ2) is 6.26. The number of hydrogen-bond acceptors (Lipinski definition) is 3. The van der Waals surface area contributed by atoms with Crippen LogP contribution in [0.5, 0.6) is 0 Å². The maximum Gasteiger partial charge on any atom is 0.220 e. The quantitative estimate of drug-likeness (QED) is 0.730. The average Bonchev–Trinajstić information content (AvgIpc) is 3.14. The highest BCUT2D eigenvalue weighted by Crippen LogP contribution is 2.10. The van der Waals surface area contributed by atoms with E-state index >= 15 is 0 Å². The molecule has 108 valence electrons. The van der Waals surface area contributed by atoms with E-state index in [4.69, 9.17) is 4.42 Å². The third-order valence-corrected chi connectivity index (χ3v) is 3.30. The maximum atomic E-state index is 11.7. The molecule has 1 amide bonds. The van der Waals surface area contributed by atoms with Crippen molar-refractivity contribution in [3.63, 3.8) is 0 Å². The molecule has 5 heteroatoms. The van der Waals surface area contributed by atoms with Gasteiger partial charge < -0.3 is 14.7 Å². The van der Waals surface area contributed by atoms with E-state index in [1.807, 2.05) is 36.4 Å². The normalized spacial score (nSPS) is 10.9.